The second-order valence-corrected chi connectivity index (χ2v) is 7.09. The van der Waals surface area contributed by atoms with E-state index < -0.39 is 17.6 Å². The molecule has 0 spiro atoms. The lowest BCUT2D eigenvalue weighted by Crippen LogP contribution is -2.49. The highest BCUT2D eigenvalue weighted by atomic mass is 16.5. The third-order valence-electron chi connectivity index (χ3n) is 4.76. The van der Waals surface area contributed by atoms with Crippen LogP contribution in [-0.4, -0.2) is 65.5 Å². The smallest absolute Gasteiger partial charge is 0.270 e. The first-order chi connectivity index (χ1) is 14.3. The second-order valence-electron chi connectivity index (χ2n) is 7.09. The number of benzene rings is 1. The fourth-order valence-electron chi connectivity index (χ4n) is 3.01. The molecular weight excluding hydrogens is 390 g/mol. The van der Waals surface area contributed by atoms with Crippen molar-refractivity contribution < 1.29 is 29.3 Å². The lowest BCUT2D eigenvalue weighted by Gasteiger charge is -2.30. The number of pyridine rings is 1. The van der Waals surface area contributed by atoms with E-state index in [4.69, 9.17) is 9.47 Å². The molecule has 1 saturated heterocycles. The van der Waals surface area contributed by atoms with Crippen LogP contribution in [0.3, 0.4) is 0 Å². The zero-order valence-corrected chi connectivity index (χ0v) is 16.1. The molecule has 0 saturated carbocycles. The summed E-state index contributed by atoms with van der Waals surface area (Å²) in [4.78, 5) is 30.6. The molecule has 2 amide bonds. The quantitative estimate of drug-likeness (QED) is 0.600. The Labute approximate surface area is 172 Å². The fraction of sp³-hybridized carbons (Fsp3) is 0.286. The van der Waals surface area contributed by atoms with Gasteiger partial charge in [0.25, 0.3) is 11.8 Å². The van der Waals surface area contributed by atoms with Gasteiger partial charge in [0.2, 0.25) is 0 Å². The van der Waals surface area contributed by atoms with Crippen molar-refractivity contribution in [2.75, 3.05) is 31.8 Å². The van der Waals surface area contributed by atoms with E-state index in [1.807, 2.05) is 0 Å². The lowest BCUT2D eigenvalue weighted by molar-refractivity contribution is -0.140. The lowest BCUT2D eigenvalue weighted by atomic mass is 10.0. The highest BCUT2D eigenvalue weighted by molar-refractivity contribution is 6.03. The Kier molecular flexibility index (Phi) is 5.03. The van der Waals surface area contributed by atoms with E-state index in [0.29, 0.717) is 17.0 Å². The maximum Gasteiger partial charge on any atom is 0.270 e. The van der Waals surface area contributed by atoms with Crippen molar-refractivity contribution in [3.8, 4) is 23.3 Å². The molecule has 154 valence electrons. The van der Waals surface area contributed by atoms with Crippen molar-refractivity contribution in [2.45, 2.75) is 11.6 Å². The number of aromatic hydroxyl groups is 1. The molecular formula is C21H19N3O6. The van der Waals surface area contributed by atoms with Crippen molar-refractivity contribution in [3.05, 3.63) is 47.8 Å². The summed E-state index contributed by atoms with van der Waals surface area (Å²) < 4.78 is 10.7. The molecule has 2 aromatic rings. The topological polar surface area (TPSA) is 121 Å². The van der Waals surface area contributed by atoms with Crippen LogP contribution in [0.25, 0.3) is 0 Å². The normalized spacial score (nSPS) is 19.3. The van der Waals surface area contributed by atoms with Gasteiger partial charge in [-0.15, -0.1) is 0 Å². The molecule has 1 atom stereocenters. The van der Waals surface area contributed by atoms with Crippen molar-refractivity contribution in [2.24, 2.45) is 0 Å². The average molecular weight is 409 g/mol. The number of aliphatic hydroxyl groups is 1. The molecule has 2 aliphatic heterocycles. The minimum Gasteiger partial charge on any atom is -0.508 e. The number of hydrogen-bond acceptors (Lipinski definition) is 7. The Morgan fingerprint density at radius 3 is 2.83 bits per heavy atom. The van der Waals surface area contributed by atoms with Gasteiger partial charge in [0.05, 0.1) is 18.9 Å². The van der Waals surface area contributed by atoms with Gasteiger partial charge in [-0.3, -0.25) is 14.6 Å². The van der Waals surface area contributed by atoms with Gasteiger partial charge in [0.15, 0.2) is 5.60 Å². The minimum absolute atomic E-state index is 0.0114. The zero-order chi connectivity index (χ0) is 21.3. The predicted molar refractivity (Wildman–Crippen MR) is 105 cm³/mol. The first-order valence-corrected chi connectivity index (χ1v) is 9.18. The van der Waals surface area contributed by atoms with Crippen LogP contribution < -0.4 is 15.0 Å². The minimum atomic E-state index is -1.14. The molecule has 2 aliphatic rings. The van der Waals surface area contributed by atoms with Crippen LogP contribution in [0.2, 0.25) is 0 Å². The number of carbonyl (C=O) groups excluding carboxylic acids is 2. The second kappa shape index (κ2) is 7.67. The van der Waals surface area contributed by atoms with Gasteiger partial charge in [-0.25, -0.2) is 0 Å². The Hall–Kier alpha value is -3.61. The number of nitrogens with one attached hydrogen (secondary N) is 1. The van der Waals surface area contributed by atoms with Crippen molar-refractivity contribution in [3.63, 3.8) is 0 Å². The van der Waals surface area contributed by atoms with Gasteiger partial charge in [0.1, 0.15) is 29.8 Å². The Morgan fingerprint density at radius 1 is 1.33 bits per heavy atom. The van der Waals surface area contributed by atoms with E-state index in [1.54, 1.807) is 25.2 Å². The summed E-state index contributed by atoms with van der Waals surface area (Å²) in [5, 5.41) is 22.1. The van der Waals surface area contributed by atoms with Crippen LogP contribution >= 0.6 is 0 Å². The summed E-state index contributed by atoms with van der Waals surface area (Å²) in [5.74, 6) is 5.04. The number of nitrogens with zero attached hydrogens (tertiary/aromatic N) is 2. The molecule has 0 unspecified atom stereocenters. The Balaban J connectivity index is 1.52. The molecule has 3 N–H and O–H groups in total. The summed E-state index contributed by atoms with van der Waals surface area (Å²) in [6, 6.07) is 6.71. The van der Waals surface area contributed by atoms with E-state index in [2.05, 4.69) is 22.1 Å². The van der Waals surface area contributed by atoms with E-state index in [0.717, 1.165) is 0 Å². The zero-order valence-electron chi connectivity index (χ0n) is 16.1. The number of carbonyl (C=O) groups is 2. The fourth-order valence-corrected chi connectivity index (χ4v) is 3.01. The molecule has 0 bridgehead atoms. The van der Waals surface area contributed by atoms with Gasteiger partial charge in [-0.1, -0.05) is 11.8 Å². The monoisotopic (exact) mass is 409 g/mol. The van der Waals surface area contributed by atoms with Crippen molar-refractivity contribution in [1.29, 1.82) is 0 Å². The summed E-state index contributed by atoms with van der Waals surface area (Å²) in [6.45, 7) is 0.270. The van der Waals surface area contributed by atoms with E-state index >= 15 is 0 Å². The van der Waals surface area contributed by atoms with Gasteiger partial charge in [-0.2, -0.15) is 0 Å². The number of aromatic nitrogens is 1. The summed E-state index contributed by atoms with van der Waals surface area (Å²) >= 11 is 0. The number of ether oxygens (including phenoxy) is 2. The number of anilines is 1. The van der Waals surface area contributed by atoms with Crippen LogP contribution in [-0.2, 0) is 9.53 Å². The maximum atomic E-state index is 12.9. The third kappa shape index (κ3) is 3.91. The molecule has 0 radical (unpaired) electrons. The molecule has 9 heteroatoms. The first kappa shape index (κ1) is 19.7. The van der Waals surface area contributed by atoms with Gasteiger partial charge >= 0.3 is 0 Å². The van der Waals surface area contributed by atoms with Crippen molar-refractivity contribution >= 4 is 17.5 Å². The van der Waals surface area contributed by atoms with Crippen LogP contribution in [0.15, 0.2) is 36.5 Å². The molecule has 4 rings (SSSR count). The van der Waals surface area contributed by atoms with Crippen LogP contribution in [0.4, 0.5) is 5.69 Å². The number of rotatable bonds is 2. The van der Waals surface area contributed by atoms with E-state index in [9.17, 15) is 19.8 Å². The highest BCUT2D eigenvalue weighted by Crippen LogP contribution is 2.31. The third-order valence-corrected chi connectivity index (χ3v) is 4.76. The van der Waals surface area contributed by atoms with Gasteiger partial charge < -0.3 is 29.9 Å². The van der Waals surface area contributed by atoms with Crippen molar-refractivity contribution in [1.82, 2.24) is 10.3 Å². The van der Waals surface area contributed by atoms with E-state index in [-0.39, 0.29) is 37.2 Å². The summed E-state index contributed by atoms with van der Waals surface area (Å²) in [6.07, 6.45) is 1.30. The van der Waals surface area contributed by atoms with Crippen LogP contribution in [0, 0.1) is 11.8 Å². The molecule has 1 aromatic heterocycles. The van der Waals surface area contributed by atoms with Gasteiger partial charge in [0, 0.05) is 24.9 Å². The summed E-state index contributed by atoms with van der Waals surface area (Å²) in [5.41, 5.74) is -0.0531. The molecule has 9 nitrogen and oxygen atoms in total. The van der Waals surface area contributed by atoms with Gasteiger partial charge in [-0.05, 0) is 24.3 Å². The average Bonchev–Trinajstić information content (AvgIpc) is 2.83. The standard InChI is InChI=1S/C21H19N3O6/c1-24-17-8-13(4-6-21(28)11-29-12-21)2-3-18(17)30-10-16(20(24)27)23-19(26)15-9-14(25)5-7-22-15/h2-3,5,7-9,16,28H,10-12H2,1H3,(H,22,25)(H,23,26)/t16-/m0/s1. The molecule has 1 fully saturated rings. The largest absolute Gasteiger partial charge is 0.508 e. The number of likely N-dealkylation sites (N-methyl/N-ethyl adjacent to an activating group) is 1. The molecule has 30 heavy (non-hydrogen) atoms. The Bertz CT molecular complexity index is 1070. The van der Waals surface area contributed by atoms with E-state index in [1.165, 1.54) is 23.2 Å². The molecule has 1 aromatic carbocycles. The molecule has 3 heterocycles. The Morgan fingerprint density at radius 2 is 2.13 bits per heavy atom. The predicted octanol–water partition coefficient (Wildman–Crippen LogP) is 0.0538. The van der Waals surface area contributed by atoms with Crippen LogP contribution in [0.1, 0.15) is 16.1 Å². The SMILES string of the molecule is CN1C(=O)[C@@H](NC(=O)c2cc(O)ccn2)COc2ccc(C#CC3(O)COC3)cc21. The number of hydrogen-bond donors (Lipinski definition) is 3. The summed E-state index contributed by atoms with van der Waals surface area (Å²) in [7, 11) is 1.58. The number of fused-ring (bicyclic) bond motifs is 1. The highest BCUT2D eigenvalue weighted by Gasteiger charge is 2.34. The number of amides is 2. The maximum absolute atomic E-state index is 12.9. The van der Waals surface area contributed by atoms with Crippen LogP contribution in [0.5, 0.6) is 11.5 Å². The molecule has 0 aliphatic carbocycles. The first-order valence-electron chi connectivity index (χ1n) is 9.18.